The molecule has 0 spiro atoms. The van der Waals surface area contributed by atoms with Crippen molar-refractivity contribution in [1.29, 1.82) is 0 Å². The zero-order chi connectivity index (χ0) is 15.3. The second-order valence-corrected chi connectivity index (χ2v) is 8.31. The topological polar surface area (TPSA) is 75.3 Å². The van der Waals surface area contributed by atoms with Crippen LogP contribution in [0.3, 0.4) is 0 Å². The summed E-state index contributed by atoms with van der Waals surface area (Å²) >= 11 is 0. The summed E-state index contributed by atoms with van der Waals surface area (Å²) in [6, 6.07) is 6.91. The van der Waals surface area contributed by atoms with E-state index in [1.807, 2.05) is 14.0 Å². The van der Waals surface area contributed by atoms with E-state index in [9.17, 15) is 12.6 Å². The Morgan fingerprint density at radius 2 is 1.75 bits per heavy atom. The third-order valence-corrected chi connectivity index (χ3v) is 5.99. The third kappa shape index (κ3) is 4.66. The maximum Gasteiger partial charge on any atom is 0.240 e. The molecule has 0 bridgehead atoms. The first-order valence-electron chi connectivity index (χ1n) is 6.37. The predicted octanol–water partition coefficient (Wildman–Crippen LogP) is 1.01. The summed E-state index contributed by atoms with van der Waals surface area (Å²) in [7, 11) is -2.74. The fourth-order valence-electron chi connectivity index (χ4n) is 1.53. The monoisotopic (exact) mass is 318 g/mol. The van der Waals surface area contributed by atoms with Crippen LogP contribution in [-0.2, 0) is 20.8 Å². The van der Waals surface area contributed by atoms with Gasteiger partial charge in [0.25, 0.3) is 0 Å². The second-order valence-electron chi connectivity index (χ2n) is 4.74. The minimum atomic E-state index is -3.54. The molecule has 0 fully saturated rings. The van der Waals surface area contributed by atoms with Crippen molar-refractivity contribution in [1.82, 2.24) is 10.0 Å². The summed E-state index contributed by atoms with van der Waals surface area (Å²) in [6.07, 6.45) is 1.56. The quantitative estimate of drug-likeness (QED) is 0.787. The molecule has 0 aliphatic heterocycles. The summed E-state index contributed by atoms with van der Waals surface area (Å²) in [6.45, 7) is 3.91. The van der Waals surface area contributed by atoms with Crippen LogP contribution in [0.5, 0.6) is 0 Å². The van der Waals surface area contributed by atoms with Crippen LogP contribution >= 0.6 is 0 Å². The van der Waals surface area contributed by atoms with E-state index in [-0.39, 0.29) is 22.7 Å². The molecule has 0 aromatic heterocycles. The van der Waals surface area contributed by atoms with Gasteiger partial charge in [-0.1, -0.05) is 12.1 Å². The number of sulfonamides is 1. The van der Waals surface area contributed by atoms with E-state index >= 15 is 0 Å². The van der Waals surface area contributed by atoms with Crippen LogP contribution in [0.15, 0.2) is 29.2 Å². The van der Waals surface area contributed by atoms with Gasteiger partial charge in [0.05, 0.1) is 4.90 Å². The minimum Gasteiger partial charge on any atom is -0.313 e. The summed E-state index contributed by atoms with van der Waals surface area (Å²) in [5, 5.41) is 2.88. The average molecular weight is 318 g/mol. The minimum absolute atomic E-state index is 0.167. The zero-order valence-electron chi connectivity index (χ0n) is 12.2. The second kappa shape index (κ2) is 7.31. The maximum absolute atomic E-state index is 12.1. The molecule has 0 saturated carbocycles. The van der Waals surface area contributed by atoms with Gasteiger partial charge < -0.3 is 5.32 Å². The van der Waals surface area contributed by atoms with E-state index in [1.165, 1.54) is 0 Å². The first-order valence-corrected chi connectivity index (χ1v) is 9.47. The Labute approximate surface area is 123 Å². The van der Waals surface area contributed by atoms with E-state index in [1.54, 1.807) is 37.4 Å². The van der Waals surface area contributed by atoms with Crippen molar-refractivity contribution >= 4 is 20.8 Å². The van der Waals surface area contributed by atoms with Gasteiger partial charge >= 0.3 is 0 Å². The lowest BCUT2D eigenvalue weighted by Crippen LogP contribution is -2.32. The van der Waals surface area contributed by atoms with Crippen LogP contribution in [0.1, 0.15) is 25.5 Å². The molecule has 5 nitrogen and oxygen atoms in total. The first kappa shape index (κ1) is 17.3. The lowest BCUT2D eigenvalue weighted by Gasteiger charge is -2.13. The lowest BCUT2D eigenvalue weighted by molar-refractivity contribution is 0.580. The van der Waals surface area contributed by atoms with Gasteiger partial charge in [0.2, 0.25) is 10.0 Å². The highest BCUT2D eigenvalue weighted by atomic mass is 32.2. The van der Waals surface area contributed by atoms with Crippen LogP contribution in [0.25, 0.3) is 0 Å². The van der Waals surface area contributed by atoms with Crippen LogP contribution in [0.2, 0.25) is 0 Å². The van der Waals surface area contributed by atoms with Crippen LogP contribution in [0, 0.1) is 0 Å². The molecule has 0 aliphatic carbocycles. The Hall–Kier alpha value is -0.760. The van der Waals surface area contributed by atoms with Crippen molar-refractivity contribution in [2.75, 3.05) is 19.8 Å². The highest BCUT2D eigenvalue weighted by Gasteiger charge is 2.16. The largest absolute Gasteiger partial charge is 0.313 e. The van der Waals surface area contributed by atoms with E-state index in [0.717, 1.165) is 5.56 Å². The van der Waals surface area contributed by atoms with Gasteiger partial charge in [-0.05, 0) is 38.6 Å². The number of hydrogen-bond donors (Lipinski definition) is 2. The molecule has 2 N–H and O–H groups in total. The Balaban J connectivity index is 2.80. The molecule has 1 aromatic carbocycles. The van der Waals surface area contributed by atoms with Crippen molar-refractivity contribution in [3.63, 3.8) is 0 Å². The van der Waals surface area contributed by atoms with Gasteiger partial charge in [0.15, 0.2) is 0 Å². The molecule has 3 unspecified atom stereocenters. The molecule has 1 rings (SSSR count). The van der Waals surface area contributed by atoms with Gasteiger partial charge in [0.1, 0.15) is 0 Å². The zero-order valence-corrected chi connectivity index (χ0v) is 13.8. The predicted molar refractivity (Wildman–Crippen MR) is 82.6 cm³/mol. The van der Waals surface area contributed by atoms with Crippen molar-refractivity contribution < 1.29 is 12.6 Å². The van der Waals surface area contributed by atoms with E-state index in [4.69, 9.17) is 0 Å². The number of rotatable bonds is 7. The molecular weight excluding hydrogens is 296 g/mol. The fourth-order valence-corrected chi connectivity index (χ4v) is 3.08. The molecule has 0 amide bonds. The standard InChI is InChI=1S/C13H22N2O3S2/c1-10(19(4)16)9-15-20(17,18)13-7-5-12(6-8-13)11(2)14-3/h5-8,10-11,14-15H,9H2,1-4H3. The highest BCUT2D eigenvalue weighted by Crippen LogP contribution is 2.15. The number of nitrogens with one attached hydrogen (secondary N) is 2. The molecule has 7 heteroatoms. The molecular formula is C13H22N2O3S2. The molecule has 0 radical (unpaired) electrons. The van der Waals surface area contributed by atoms with Gasteiger partial charge in [-0.2, -0.15) is 0 Å². The van der Waals surface area contributed by atoms with Crippen LogP contribution < -0.4 is 10.0 Å². The Morgan fingerprint density at radius 1 is 1.20 bits per heavy atom. The smallest absolute Gasteiger partial charge is 0.240 e. The van der Waals surface area contributed by atoms with E-state index in [2.05, 4.69) is 10.0 Å². The van der Waals surface area contributed by atoms with Gasteiger partial charge in [-0.3, -0.25) is 4.21 Å². The van der Waals surface area contributed by atoms with Gasteiger partial charge in [0, 0.05) is 34.9 Å². The van der Waals surface area contributed by atoms with Crippen molar-refractivity contribution in [2.24, 2.45) is 0 Å². The molecule has 3 atom stereocenters. The summed E-state index contributed by atoms with van der Waals surface area (Å²) in [4.78, 5) is 0.221. The number of hydrogen-bond acceptors (Lipinski definition) is 4. The Bertz CT molecular complexity index is 555. The molecule has 20 heavy (non-hydrogen) atoms. The highest BCUT2D eigenvalue weighted by molar-refractivity contribution is 7.89. The lowest BCUT2D eigenvalue weighted by atomic mass is 10.1. The molecule has 0 aliphatic rings. The van der Waals surface area contributed by atoms with Gasteiger partial charge in [-0.15, -0.1) is 0 Å². The molecule has 114 valence electrons. The van der Waals surface area contributed by atoms with Crippen molar-refractivity contribution in [3.05, 3.63) is 29.8 Å². The number of benzene rings is 1. The summed E-state index contributed by atoms with van der Waals surface area (Å²) < 4.78 is 37.9. The summed E-state index contributed by atoms with van der Waals surface area (Å²) in [5.74, 6) is 0. The maximum atomic E-state index is 12.1. The molecule has 1 aromatic rings. The fraction of sp³-hybridized carbons (Fsp3) is 0.538. The van der Waals surface area contributed by atoms with E-state index < -0.39 is 20.8 Å². The van der Waals surface area contributed by atoms with Crippen LogP contribution in [-0.4, -0.2) is 37.7 Å². The van der Waals surface area contributed by atoms with Gasteiger partial charge in [-0.25, -0.2) is 13.1 Å². The third-order valence-electron chi connectivity index (χ3n) is 3.25. The SMILES string of the molecule is CNC(C)c1ccc(S(=O)(=O)NCC(C)S(C)=O)cc1. The Morgan fingerprint density at radius 3 is 2.20 bits per heavy atom. The van der Waals surface area contributed by atoms with Crippen molar-refractivity contribution in [2.45, 2.75) is 30.0 Å². The van der Waals surface area contributed by atoms with Crippen LogP contribution in [0.4, 0.5) is 0 Å². The molecule has 0 heterocycles. The summed E-state index contributed by atoms with van der Waals surface area (Å²) in [5.41, 5.74) is 1.02. The first-order chi connectivity index (χ1) is 9.27. The van der Waals surface area contributed by atoms with E-state index in [0.29, 0.717) is 0 Å². The van der Waals surface area contributed by atoms with Crippen molar-refractivity contribution in [3.8, 4) is 0 Å². The normalized spacial score (nSPS) is 16.6. The average Bonchev–Trinajstić information content (AvgIpc) is 2.44. The molecule has 0 saturated heterocycles. The Kier molecular flexibility index (Phi) is 6.32.